The maximum atomic E-state index is 13.1. The number of hydrogen-bond acceptors (Lipinski definition) is 4. The standard InChI is InChI=1S/C21H21Cl2N3O4S/c1-14-17(23)3-2-4-18(14)26-20(27)13-19(21(26)28)24-9-11-25(12-10-24)31(29,30)16-7-5-15(22)6-8-16/h2-8,19H,9-13H2,1H3/p+1/t19-/m0/s1. The van der Waals surface area contributed by atoms with Gasteiger partial charge in [-0.25, -0.2) is 13.3 Å². The summed E-state index contributed by atoms with van der Waals surface area (Å²) in [6.07, 6.45) is 0.101. The topological polar surface area (TPSA) is 79.2 Å². The van der Waals surface area contributed by atoms with Gasteiger partial charge < -0.3 is 4.90 Å². The smallest absolute Gasteiger partial charge is 0.292 e. The number of carbonyl (C=O) groups excluding carboxylic acids is 2. The predicted octanol–water partition coefficient (Wildman–Crippen LogP) is 1.52. The number of hydrogen-bond donors (Lipinski definition) is 1. The largest absolute Gasteiger partial charge is 0.322 e. The van der Waals surface area contributed by atoms with Crippen LogP contribution in [0.2, 0.25) is 10.0 Å². The van der Waals surface area contributed by atoms with Crippen LogP contribution in [0.3, 0.4) is 0 Å². The van der Waals surface area contributed by atoms with Gasteiger partial charge in [0.05, 0.1) is 43.2 Å². The molecule has 2 heterocycles. The maximum Gasteiger partial charge on any atom is 0.292 e. The van der Waals surface area contributed by atoms with Crippen LogP contribution in [0.4, 0.5) is 5.69 Å². The van der Waals surface area contributed by atoms with E-state index in [0.717, 1.165) is 4.90 Å². The Morgan fingerprint density at radius 1 is 1.00 bits per heavy atom. The molecule has 0 aliphatic carbocycles. The van der Waals surface area contributed by atoms with Gasteiger partial charge in [-0.3, -0.25) is 9.59 Å². The normalized spacial score (nSPS) is 21.1. The average molecular weight is 483 g/mol. The number of rotatable bonds is 4. The molecule has 2 amide bonds. The van der Waals surface area contributed by atoms with Gasteiger partial charge >= 0.3 is 0 Å². The van der Waals surface area contributed by atoms with Crippen molar-refractivity contribution in [2.24, 2.45) is 0 Å². The van der Waals surface area contributed by atoms with Crippen LogP contribution < -0.4 is 9.80 Å². The van der Waals surface area contributed by atoms with Gasteiger partial charge in [0.25, 0.3) is 5.91 Å². The number of sulfonamides is 1. The fourth-order valence-electron chi connectivity index (χ4n) is 4.16. The zero-order valence-electron chi connectivity index (χ0n) is 16.8. The molecular formula is C21H22Cl2N3O4S+. The Kier molecular flexibility index (Phi) is 6.11. The van der Waals surface area contributed by atoms with Crippen molar-refractivity contribution >= 4 is 50.7 Å². The molecule has 1 atom stereocenters. The van der Waals surface area contributed by atoms with Crippen molar-refractivity contribution in [3.05, 3.63) is 58.1 Å². The molecule has 2 aliphatic heterocycles. The van der Waals surface area contributed by atoms with Gasteiger partial charge in [-0.15, -0.1) is 0 Å². The van der Waals surface area contributed by atoms with Gasteiger partial charge in [0.15, 0.2) is 6.04 Å². The number of benzene rings is 2. The Hall–Kier alpha value is -1.97. The molecule has 0 radical (unpaired) electrons. The third-order valence-corrected chi connectivity index (χ3v) is 8.51. The molecule has 2 aromatic rings. The number of amides is 2. The first-order valence-corrected chi connectivity index (χ1v) is 12.1. The summed E-state index contributed by atoms with van der Waals surface area (Å²) in [7, 11) is -3.63. The van der Waals surface area contributed by atoms with E-state index in [1.54, 1.807) is 37.3 Å². The summed E-state index contributed by atoms with van der Waals surface area (Å²) in [5, 5.41) is 0.965. The Bertz CT molecular complexity index is 1130. The number of imide groups is 1. The van der Waals surface area contributed by atoms with Crippen molar-refractivity contribution in [1.82, 2.24) is 4.31 Å². The van der Waals surface area contributed by atoms with E-state index >= 15 is 0 Å². The van der Waals surface area contributed by atoms with Crippen molar-refractivity contribution in [2.45, 2.75) is 24.3 Å². The second-order valence-corrected chi connectivity index (χ2v) is 10.5. The highest BCUT2D eigenvalue weighted by atomic mass is 35.5. The van der Waals surface area contributed by atoms with E-state index in [-0.39, 0.29) is 36.2 Å². The highest BCUT2D eigenvalue weighted by Gasteiger charge is 2.47. The highest BCUT2D eigenvalue weighted by Crippen LogP contribution is 2.30. The minimum Gasteiger partial charge on any atom is -0.322 e. The molecule has 2 saturated heterocycles. The zero-order valence-corrected chi connectivity index (χ0v) is 19.2. The third kappa shape index (κ3) is 4.10. The van der Waals surface area contributed by atoms with E-state index in [1.165, 1.54) is 21.3 Å². The van der Waals surface area contributed by atoms with Crippen LogP contribution in [0.15, 0.2) is 47.4 Å². The van der Waals surface area contributed by atoms with E-state index in [1.807, 2.05) is 0 Å². The van der Waals surface area contributed by atoms with Gasteiger partial charge in [0.1, 0.15) is 0 Å². The summed E-state index contributed by atoms with van der Waals surface area (Å²) in [6.45, 7) is 3.21. The molecule has 0 bridgehead atoms. The van der Waals surface area contributed by atoms with Crippen LogP contribution >= 0.6 is 23.2 Å². The summed E-state index contributed by atoms with van der Waals surface area (Å²) in [5.41, 5.74) is 1.19. The fourth-order valence-corrected chi connectivity index (χ4v) is 5.90. The Balaban J connectivity index is 1.47. The van der Waals surface area contributed by atoms with Crippen molar-refractivity contribution in [1.29, 1.82) is 0 Å². The summed E-state index contributed by atoms with van der Waals surface area (Å²) in [5.74, 6) is -0.525. The Morgan fingerprint density at radius 3 is 2.29 bits per heavy atom. The van der Waals surface area contributed by atoms with E-state index in [0.29, 0.717) is 34.4 Å². The van der Waals surface area contributed by atoms with Crippen molar-refractivity contribution in [3.63, 3.8) is 0 Å². The number of halogens is 2. The van der Waals surface area contributed by atoms with E-state index in [9.17, 15) is 18.0 Å². The molecule has 0 aromatic heterocycles. The molecule has 31 heavy (non-hydrogen) atoms. The first kappa shape index (κ1) is 22.2. The Morgan fingerprint density at radius 2 is 1.65 bits per heavy atom. The van der Waals surface area contributed by atoms with E-state index < -0.39 is 16.1 Å². The van der Waals surface area contributed by atoms with Crippen molar-refractivity contribution in [3.8, 4) is 0 Å². The summed E-state index contributed by atoms with van der Waals surface area (Å²) < 4.78 is 27.2. The molecule has 2 aromatic carbocycles. The lowest BCUT2D eigenvalue weighted by Crippen LogP contribution is -3.19. The summed E-state index contributed by atoms with van der Waals surface area (Å²) >= 11 is 12.0. The Labute approximate surface area is 191 Å². The maximum absolute atomic E-state index is 13.1. The van der Waals surface area contributed by atoms with Crippen LogP contribution in [0, 0.1) is 6.92 Å². The first-order valence-electron chi connectivity index (χ1n) is 9.92. The van der Waals surface area contributed by atoms with Crippen molar-refractivity contribution in [2.75, 3.05) is 31.1 Å². The van der Waals surface area contributed by atoms with Gasteiger partial charge in [0.2, 0.25) is 15.9 Å². The SMILES string of the molecule is Cc1c(Cl)cccc1N1C(=O)C[C@H]([NH+]2CCN(S(=O)(=O)c3ccc(Cl)cc3)CC2)C1=O. The molecular weight excluding hydrogens is 461 g/mol. The van der Waals surface area contributed by atoms with Crippen LogP contribution in [0.5, 0.6) is 0 Å². The second-order valence-electron chi connectivity index (χ2n) is 7.72. The van der Waals surface area contributed by atoms with E-state index in [4.69, 9.17) is 23.2 Å². The van der Waals surface area contributed by atoms with Gasteiger partial charge in [0, 0.05) is 10.0 Å². The molecule has 0 spiro atoms. The summed E-state index contributed by atoms with van der Waals surface area (Å²) in [6, 6.07) is 10.7. The minimum absolute atomic E-state index is 0.101. The highest BCUT2D eigenvalue weighted by molar-refractivity contribution is 7.89. The van der Waals surface area contributed by atoms with Crippen LogP contribution in [0.1, 0.15) is 12.0 Å². The number of nitrogens with one attached hydrogen (secondary N) is 1. The predicted molar refractivity (Wildman–Crippen MR) is 118 cm³/mol. The average Bonchev–Trinajstić information content (AvgIpc) is 3.04. The molecule has 7 nitrogen and oxygen atoms in total. The first-order chi connectivity index (χ1) is 14.7. The van der Waals surface area contributed by atoms with Gasteiger partial charge in [-0.1, -0.05) is 29.3 Å². The zero-order chi connectivity index (χ0) is 22.3. The van der Waals surface area contributed by atoms with Crippen molar-refractivity contribution < 1.29 is 22.9 Å². The number of piperazine rings is 1. The minimum atomic E-state index is -3.63. The second kappa shape index (κ2) is 8.52. The summed E-state index contributed by atoms with van der Waals surface area (Å²) in [4.78, 5) is 28.1. The molecule has 0 saturated carbocycles. The molecule has 2 fully saturated rings. The van der Waals surface area contributed by atoms with Gasteiger partial charge in [-0.05, 0) is 48.9 Å². The monoisotopic (exact) mass is 482 g/mol. The number of quaternary nitrogens is 1. The van der Waals surface area contributed by atoms with Crippen LogP contribution in [-0.2, 0) is 19.6 Å². The molecule has 1 N–H and O–H groups in total. The molecule has 2 aliphatic rings. The lowest BCUT2D eigenvalue weighted by Gasteiger charge is -2.33. The fraction of sp³-hybridized carbons (Fsp3) is 0.333. The number of nitrogens with zero attached hydrogens (tertiary/aromatic N) is 2. The number of carbonyl (C=O) groups is 2. The molecule has 4 rings (SSSR count). The quantitative estimate of drug-likeness (QED) is 0.670. The lowest BCUT2D eigenvalue weighted by molar-refractivity contribution is -0.918. The van der Waals surface area contributed by atoms with Crippen LogP contribution in [0.25, 0.3) is 0 Å². The van der Waals surface area contributed by atoms with Crippen LogP contribution in [-0.4, -0.2) is 56.8 Å². The van der Waals surface area contributed by atoms with E-state index in [2.05, 4.69) is 0 Å². The number of anilines is 1. The molecule has 10 heteroatoms. The van der Waals surface area contributed by atoms with Gasteiger partial charge in [-0.2, -0.15) is 4.31 Å². The molecule has 0 unspecified atom stereocenters. The third-order valence-electron chi connectivity index (χ3n) is 5.94. The lowest BCUT2D eigenvalue weighted by atomic mass is 10.1. The molecule has 164 valence electrons.